The van der Waals surface area contributed by atoms with E-state index in [2.05, 4.69) is 0 Å². The van der Waals surface area contributed by atoms with Crippen molar-refractivity contribution in [1.82, 2.24) is 4.90 Å². The Labute approximate surface area is 173 Å². The van der Waals surface area contributed by atoms with E-state index in [-0.39, 0.29) is 29.9 Å². The summed E-state index contributed by atoms with van der Waals surface area (Å²) in [6, 6.07) is 13.1. The van der Waals surface area contributed by atoms with Gasteiger partial charge in [-0.1, -0.05) is 55.0 Å². The van der Waals surface area contributed by atoms with Crippen molar-refractivity contribution in [3.8, 4) is 0 Å². The minimum Gasteiger partial charge on any atom is -0.550 e. The number of aliphatic hydroxyl groups is 1. The Morgan fingerprint density at radius 3 is 2.33 bits per heavy atom. The zero-order valence-corrected chi connectivity index (χ0v) is 16.2. The minimum atomic E-state index is -1.15. The molecule has 0 unspecified atom stereocenters. The predicted octanol–water partition coefficient (Wildman–Crippen LogP) is 2.56. The molecule has 3 rings (SSSR count). The van der Waals surface area contributed by atoms with E-state index in [9.17, 15) is 29.0 Å². The first kappa shape index (κ1) is 21.2. The number of rotatable bonds is 8. The number of ketones is 1. The number of halogens is 1. The van der Waals surface area contributed by atoms with Gasteiger partial charge in [-0.05, 0) is 25.3 Å². The van der Waals surface area contributed by atoms with Gasteiger partial charge in [-0.3, -0.25) is 9.59 Å². The third-order valence-corrected chi connectivity index (χ3v) is 5.07. The fourth-order valence-corrected chi connectivity index (χ4v) is 3.61. The van der Waals surface area contributed by atoms with Gasteiger partial charge in [0.2, 0.25) is 0 Å². The van der Waals surface area contributed by atoms with Crippen LogP contribution in [0.25, 0.3) is 5.76 Å². The Bertz CT molecular complexity index is 986. The van der Waals surface area contributed by atoms with E-state index in [1.54, 1.807) is 36.4 Å². The highest BCUT2D eigenvalue weighted by Gasteiger charge is 2.46. The first-order chi connectivity index (χ1) is 14.4. The molecular weight excluding hydrogens is 389 g/mol. The number of unbranched alkanes of at least 4 members (excludes halogenated alkanes) is 2. The molecule has 0 saturated carbocycles. The van der Waals surface area contributed by atoms with Gasteiger partial charge >= 0.3 is 0 Å². The number of aliphatic hydroxyl groups excluding tert-OH is 1. The van der Waals surface area contributed by atoms with Crippen LogP contribution < -0.4 is 5.11 Å². The van der Waals surface area contributed by atoms with Crippen LogP contribution in [-0.2, 0) is 14.4 Å². The molecule has 1 N–H and O–H groups in total. The monoisotopic (exact) mass is 410 g/mol. The minimum absolute atomic E-state index is 0.0937. The predicted molar refractivity (Wildman–Crippen MR) is 105 cm³/mol. The SMILES string of the molecule is O=C([O-])CCCCCN1C(=O)C(=O)C(=C(O)c2ccccc2)[C@@H]1c1ccccc1F. The third kappa shape index (κ3) is 4.40. The summed E-state index contributed by atoms with van der Waals surface area (Å²) in [4.78, 5) is 37.3. The van der Waals surface area contributed by atoms with Crippen LogP contribution in [0.5, 0.6) is 0 Å². The highest BCUT2D eigenvalue weighted by molar-refractivity contribution is 6.46. The van der Waals surface area contributed by atoms with Crippen LogP contribution in [0.1, 0.15) is 42.9 Å². The van der Waals surface area contributed by atoms with Crippen molar-refractivity contribution in [2.24, 2.45) is 0 Å². The fourth-order valence-electron chi connectivity index (χ4n) is 3.61. The van der Waals surface area contributed by atoms with Crippen LogP contribution in [0.15, 0.2) is 60.2 Å². The van der Waals surface area contributed by atoms with Crippen LogP contribution in [0.3, 0.4) is 0 Å². The third-order valence-electron chi connectivity index (χ3n) is 5.07. The maximum Gasteiger partial charge on any atom is 0.295 e. The molecule has 0 spiro atoms. The summed E-state index contributed by atoms with van der Waals surface area (Å²) in [5, 5.41) is 21.3. The average Bonchev–Trinajstić information content (AvgIpc) is 2.98. The lowest BCUT2D eigenvalue weighted by Gasteiger charge is -2.25. The summed E-state index contributed by atoms with van der Waals surface area (Å²) in [7, 11) is 0. The Morgan fingerprint density at radius 1 is 1.00 bits per heavy atom. The van der Waals surface area contributed by atoms with Crippen LogP contribution in [0.2, 0.25) is 0 Å². The average molecular weight is 410 g/mol. The molecular formula is C23H21FNO5-. The van der Waals surface area contributed by atoms with Gasteiger partial charge in [0.25, 0.3) is 11.7 Å². The second-order valence-electron chi connectivity index (χ2n) is 7.06. The van der Waals surface area contributed by atoms with Crippen molar-refractivity contribution >= 4 is 23.4 Å². The topological polar surface area (TPSA) is 97.7 Å². The molecule has 1 saturated heterocycles. The zero-order chi connectivity index (χ0) is 21.7. The van der Waals surface area contributed by atoms with Crippen LogP contribution >= 0.6 is 0 Å². The molecule has 2 aromatic carbocycles. The molecule has 1 heterocycles. The van der Waals surface area contributed by atoms with Crippen molar-refractivity contribution in [2.75, 3.05) is 6.54 Å². The van der Waals surface area contributed by atoms with E-state index >= 15 is 0 Å². The number of amides is 1. The van der Waals surface area contributed by atoms with E-state index in [1.807, 2.05) is 0 Å². The second kappa shape index (κ2) is 9.35. The summed E-state index contributed by atoms with van der Waals surface area (Å²) in [5.74, 6) is -3.79. The zero-order valence-electron chi connectivity index (χ0n) is 16.2. The van der Waals surface area contributed by atoms with E-state index in [0.717, 1.165) is 0 Å². The van der Waals surface area contributed by atoms with E-state index in [1.165, 1.54) is 23.1 Å². The Kier molecular flexibility index (Phi) is 6.61. The van der Waals surface area contributed by atoms with E-state index < -0.39 is 29.5 Å². The number of Topliss-reactive ketones (excluding diaryl/α,β-unsaturated/α-hetero) is 1. The molecule has 6 nitrogen and oxygen atoms in total. The number of hydrogen-bond donors (Lipinski definition) is 1. The molecule has 1 atom stereocenters. The Hall–Kier alpha value is -3.48. The van der Waals surface area contributed by atoms with E-state index in [4.69, 9.17) is 0 Å². The summed E-state index contributed by atoms with van der Waals surface area (Å²) in [6.45, 7) is 0.127. The summed E-state index contributed by atoms with van der Waals surface area (Å²) < 4.78 is 14.6. The number of benzene rings is 2. The molecule has 1 fully saturated rings. The lowest BCUT2D eigenvalue weighted by molar-refractivity contribution is -0.305. The number of aliphatic carboxylic acids is 1. The maximum atomic E-state index is 14.6. The van der Waals surface area contributed by atoms with Gasteiger partial charge < -0.3 is 19.9 Å². The van der Waals surface area contributed by atoms with Crippen LogP contribution in [0, 0.1) is 5.82 Å². The van der Waals surface area contributed by atoms with Gasteiger partial charge in [0.15, 0.2) is 0 Å². The standard InChI is InChI=1S/C23H22FNO5/c24-17-12-7-6-11-16(17)20-19(21(28)15-9-3-1-4-10-15)22(29)23(30)25(20)14-8-2-5-13-18(26)27/h1,3-4,6-7,9-12,20,28H,2,5,8,13-14H2,(H,26,27)/p-1/t20-/m0/s1. The summed E-state index contributed by atoms with van der Waals surface area (Å²) in [5.41, 5.74) is 0.306. The number of carbonyl (C=O) groups excluding carboxylic acids is 3. The van der Waals surface area contributed by atoms with Crippen molar-refractivity contribution in [3.63, 3.8) is 0 Å². The molecule has 0 aliphatic carbocycles. The molecule has 0 bridgehead atoms. The Balaban J connectivity index is 1.98. The molecule has 7 heteroatoms. The maximum absolute atomic E-state index is 14.6. The van der Waals surface area contributed by atoms with Crippen molar-refractivity contribution in [3.05, 3.63) is 77.1 Å². The quantitative estimate of drug-likeness (QED) is 0.312. The van der Waals surface area contributed by atoms with Gasteiger partial charge in [-0.15, -0.1) is 0 Å². The molecule has 1 aliphatic heterocycles. The lowest BCUT2D eigenvalue weighted by atomic mass is 9.95. The van der Waals surface area contributed by atoms with Crippen LogP contribution in [-0.4, -0.2) is 34.2 Å². The number of carboxylic acid groups (broad SMARTS) is 1. The van der Waals surface area contributed by atoms with Crippen LogP contribution in [0.4, 0.5) is 4.39 Å². The molecule has 156 valence electrons. The van der Waals surface area contributed by atoms with E-state index in [0.29, 0.717) is 24.8 Å². The lowest BCUT2D eigenvalue weighted by Crippen LogP contribution is -2.31. The Morgan fingerprint density at radius 2 is 1.67 bits per heavy atom. The van der Waals surface area contributed by atoms with Gasteiger partial charge in [0.05, 0.1) is 11.6 Å². The number of carboxylic acids is 1. The molecule has 2 aromatic rings. The molecule has 0 aromatic heterocycles. The second-order valence-corrected chi connectivity index (χ2v) is 7.06. The van der Waals surface area contributed by atoms with Crippen molar-refractivity contribution < 1.29 is 29.0 Å². The molecule has 1 amide bonds. The molecule has 30 heavy (non-hydrogen) atoms. The highest BCUT2D eigenvalue weighted by Crippen LogP contribution is 2.40. The first-order valence-electron chi connectivity index (χ1n) is 9.70. The first-order valence-corrected chi connectivity index (χ1v) is 9.70. The van der Waals surface area contributed by atoms with Gasteiger partial charge in [0.1, 0.15) is 11.6 Å². The van der Waals surface area contributed by atoms with Gasteiger partial charge in [-0.25, -0.2) is 4.39 Å². The van der Waals surface area contributed by atoms with Crippen molar-refractivity contribution in [2.45, 2.75) is 31.7 Å². The fraction of sp³-hybridized carbons (Fsp3) is 0.261. The molecule has 1 aliphatic rings. The molecule has 0 radical (unpaired) electrons. The number of likely N-dealkylation sites (tertiary alicyclic amines) is 1. The number of nitrogens with zero attached hydrogens (tertiary/aromatic N) is 1. The number of carbonyl (C=O) groups is 3. The largest absolute Gasteiger partial charge is 0.550 e. The van der Waals surface area contributed by atoms with Gasteiger partial charge in [-0.2, -0.15) is 0 Å². The highest BCUT2D eigenvalue weighted by atomic mass is 19.1. The number of hydrogen-bond acceptors (Lipinski definition) is 5. The van der Waals surface area contributed by atoms with Gasteiger partial charge in [0, 0.05) is 23.6 Å². The van der Waals surface area contributed by atoms with Crippen molar-refractivity contribution in [1.29, 1.82) is 0 Å². The summed E-state index contributed by atoms with van der Waals surface area (Å²) >= 11 is 0. The normalized spacial score (nSPS) is 18.0. The smallest absolute Gasteiger partial charge is 0.295 e. The summed E-state index contributed by atoms with van der Waals surface area (Å²) in [6.07, 6.45) is 1.21.